The molecule has 0 saturated heterocycles. The number of hydrogen-bond donors (Lipinski definition) is 1. The lowest BCUT2D eigenvalue weighted by Gasteiger charge is -2.05. The topological polar surface area (TPSA) is 91.8 Å². The van der Waals surface area contributed by atoms with Crippen molar-refractivity contribution in [1.82, 2.24) is 9.97 Å². The molecule has 7 heteroatoms. The lowest BCUT2D eigenvalue weighted by molar-refractivity contribution is -0.113. The summed E-state index contributed by atoms with van der Waals surface area (Å²) in [6, 6.07) is 12.4. The molecule has 0 fully saturated rings. The van der Waals surface area contributed by atoms with Gasteiger partial charge in [0.1, 0.15) is 6.07 Å². The summed E-state index contributed by atoms with van der Waals surface area (Å²) in [5.74, 6) is -0.102. The van der Waals surface area contributed by atoms with Gasteiger partial charge < -0.3 is 9.73 Å². The molecule has 2 heterocycles. The standard InChI is InChI=1S/C15H10N4O2S/c16-8-10-4-1-2-5-11(10)18-13(20)9-22-15-19-14-12(21-15)6-3-7-17-14/h1-7H,9H2,(H,18,20). The molecule has 22 heavy (non-hydrogen) atoms. The van der Waals surface area contributed by atoms with Gasteiger partial charge in [-0.3, -0.25) is 4.79 Å². The minimum atomic E-state index is -0.233. The Hall–Kier alpha value is -2.85. The molecule has 3 aromatic rings. The third-order valence-corrected chi connectivity index (χ3v) is 3.62. The number of hydrogen-bond acceptors (Lipinski definition) is 6. The van der Waals surface area contributed by atoms with Gasteiger partial charge in [0.05, 0.1) is 17.0 Å². The average molecular weight is 310 g/mol. The second kappa shape index (κ2) is 6.28. The van der Waals surface area contributed by atoms with Crippen molar-refractivity contribution < 1.29 is 9.21 Å². The summed E-state index contributed by atoms with van der Waals surface area (Å²) in [5, 5.41) is 12.1. The summed E-state index contributed by atoms with van der Waals surface area (Å²) in [5.41, 5.74) is 2.02. The molecule has 6 nitrogen and oxygen atoms in total. The average Bonchev–Trinajstić information content (AvgIpc) is 2.96. The number of oxazole rings is 1. The molecule has 0 spiro atoms. The Morgan fingerprint density at radius 2 is 2.18 bits per heavy atom. The van der Waals surface area contributed by atoms with Gasteiger partial charge in [-0.1, -0.05) is 23.9 Å². The van der Waals surface area contributed by atoms with Crippen LogP contribution in [0.4, 0.5) is 5.69 Å². The number of anilines is 1. The second-order valence-corrected chi connectivity index (χ2v) is 5.23. The highest BCUT2D eigenvalue weighted by Gasteiger charge is 2.11. The lowest BCUT2D eigenvalue weighted by Crippen LogP contribution is -2.14. The first kappa shape index (κ1) is 14.1. The molecule has 108 valence electrons. The van der Waals surface area contributed by atoms with Crippen molar-refractivity contribution in [3.05, 3.63) is 48.2 Å². The van der Waals surface area contributed by atoms with Crippen molar-refractivity contribution in [3.8, 4) is 6.07 Å². The predicted molar refractivity (Wildman–Crippen MR) is 82.3 cm³/mol. The molecule has 0 radical (unpaired) electrons. The number of rotatable bonds is 4. The number of amides is 1. The van der Waals surface area contributed by atoms with Crippen LogP contribution in [0.15, 0.2) is 52.2 Å². The van der Waals surface area contributed by atoms with Gasteiger partial charge in [0, 0.05) is 6.20 Å². The molecular formula is C15H10N4O2S. The predicted octanol–water partition coefficient (Wildman–Crippen LogP) is 2.83. The van der Waals surface area contributed by atoms with Gasteiger partial charge >= 0.3 is 0 Å². The van der Waals surface area contributed by atoms with Crippen LogP contribution in [0.5, 0.6) is 0 Å². The van der Waals surface area contributed by atoms with Crippen LogP contribution in [0.1, 0.15) is 5.56 Å². The van der Waals surface area contributed by atoms with Crippen LogP contribution in [-0.2, 0) is 4.79 Å². The number of pyridine rings is 1. The number of fused-ring (bicyclic) bond motifs is 1. The summed E-state index contributed by atoms with van der Waals surface area (Å²) in [6.45, 7) is 0. The fourth-order valence-corrected chi connectivity index (χ4v) is 2.44. The van der Waals surface area contributed by atoms with E-state index in [4.69, 9.17) is 9.68 Å². The zero-order valence-corrected chi connectivity index (χ0v) is 12.1. The summed E-state index contributed by atoms with van der Waals surface area (Å²) < 4.78 is 5.47. The van der Waals surface area contributed by atoms with Gasteiger partial charge in [0.25, 0.3) is 5.22 Å². The number of thioether (sulfide) groups is 1. The Morgan fingerprint density at radius 3 is 3.00 bits per heavy atom. The highest BCUT2D eigenvalue weighted by molar-refractivity contribution is 7.99. The van der Waals surface area contributed by atoms with E-state index in [2.05, 4.69) is 15.3 Å². The smallest absolute Gasteiger partial charge is 0.258 e. The molecule has 1 aromatic carbocycles. The zero-order valence-electron chi connectivity index (χ0n) is 11.3. The van der Waals surface area contributed by atoms with Crippen LogP contribution in [0, 0.1) is 11.3 Å². The maximum Gasteiger partial charge on any atom is 0.258 e. The molecule has 0 aliphatic carbocycles. The van der Waals surface area contributed by atoms with E-state index in [0.29, 0.717) is 27.7 Å². The fraction of sp³-hybridized carbons (Fsp3) is 0.0667. The Bertz CT molecular complexity index is 836. The number of nitrogens with one attached hydrogen (secondary N) is 1. The SMILES string of the molecule is N#Cc1ccccc1NC(=O)CSc1nc2ncccc2o1. The van der Waals surface area contributed by atoms with Gasteiger partial charge in [-0.2, -0.15) is 10.2 Å². The number of benzene rings is 1. The van der Waals surface area contributed by atoms with Gasteiger partial charge in [-0.05, 0) is 24.3 Å². The van der Waals surface area contributed by atoms with E-state index in [1.807, 2.05) is 6.07 Å². The van der Waals surface area contributed by atoms with E-state index >= 15 is 0 Å². The van der Waals surface area contributed by atoms with Crippen molar-refractivity contribution in [2.75, 3.05) is 11.1 Å². The van der Waals surface area contributed by atoms with E-state index in [9.17, 15) is 4.79 Å². The van der Waals surface area contributed by atoms with Crippen LogP contribution >= 0.6 is 11.8 Å². The number of nitrogens with zero attached hydrogens (tertiary/aromatic N) is 3. The van der Waals surface area contributed by atoms with Crippen molar-refractivity contribution in [2.24, 2.45) is 0 Å². The van der Waals surface area contributed by atoms with Crippen molar-refractivity contribution in [2.45, 2.75) is 5.22 Å². The molecule has 0 aliphatic rings. The molecule has 3 rings (SSSR count). The van der Waals surface area contributed by atoms with Gasteiger partial charge in [-0.15, -0.1) is 0 Å². The number of carbonyl (C=O) groups excluding carboxylic acids is 1. The van der Waals surface area contributed by atoms with Crippen LogP contribution in [0.2, 0.25) is 0 Å². The molecule has 2 aromatic heterocycles. The third kappa shape index (κ3) is 3.07. The van der Waals surface area contributed by atoms with E-state index in [0.717, 1.165) is 0 Å². The van der Waals surface area contributed by atoms with E-state index < -0.39 is 0 Å². The number of aromatic nitrogens is 2. The summed E-state index contributed by atoms with van der Waals surface area (Å²) >= 11 is 1.17. The highest BCUT2D eigenvalue weighted by atomic mass is 32.2. The van der Waals surface area contributed by atoms with E-state index in [1.54, 1.807) is 42.6 Å². The first-order valence-corrected chi connectivity index (χ1v) is 7.38. The molecule has 0 unspecified atom stereocenters. The Kier molecular flexibility index (Phi) is 4.03. The molecular weight excluding hydrogens is 300 g/mol. The molecule has 1 N–H and O–H groups in total. The number of para-hydroxylation sites is 1. The Labute approximate surface area is 130 Å². The molecule has 0 saturated carbocycles. The fourth-order valence-electron chi connectivity index (χ4n) is 1.81. The summed E-state index contributed by atoms with van der Waals surface area (Å²) in [6.07, 6.45) is 1.63. The molecule has 0 bridgehead atoms. The van der Waals surface area contributed by atoms with Crippen molar-refractivity contribution in [3.63, 3.8) is 0 Å². The van der Waals surface area contributed by atoms with Crippen molar-refractivity contribution >= 4 is 34.6 Å². The maximum absolute atomic E-state index is 11.9. The molecule has 0 aliphatic heterocycles. The second-order valence-electron chi connectivity index (χ2n) is 4.30. The summed E-state index contributed by atoms with van der Waals surface area (Å²) in [4.78, 5) is 20.2. The number of nitriles is 1. The van der Waals surface area contributed by atoms with Crippen molar-refractivity contribution in [1.29, 1.82) is 5.26 Å². The largest absolute Gasteiger partial charge is 0.430 e. The van der Waals surface area contributed by atoms with Gasteiger partial charge in [0.15, 0.2) is 11.2 Å². The van der Waals surface area contributed by atoms with E-state index in [-0.39, 0.29) is 11.7 Å². The van der Waals surface area contributed by atoms with E-state index in [1.165, 1.54) is 11.8 Å². The minimum absolute atomic E-state index is 0.132. The monoisotopic (exact) mass is 310 g/mol. The first-order chi connectivity index (χ1) is 10.8. The maximum atomic E-state index is 11.9. The third-order valence-electron chi connectivity index (χ3n) is 2.79. The van der Waals surface area contributed by atoms with Crippen LogP contribution in [0.3, 0.4) is 0 Å². The Morgan fingerprint density at radius 1 is 1.32 bits per heavy atom. The van der Waals surface area contributed by atoms with Gasteiger partial charge in [0.2, 0.25) is 5.91 Å². The van der Waals surface area contributed by atoms with Crippen LogP contribution < -0.4 is 5.32 Å². The van der Waals surface area contributed by atoms with Gasteiger partial charge in [-0.25, -0.2) is 4.98 Å². The normalized spacial score (nSPS) is 10.3. The summed E-state index contributed by atoms with van der Waals surface area (Å²) in [7, 11) is 0. The Balaban J connectivity index is 1.64. The quantitative estimate of drug-likeness (QED) is 0.745. The molecule has 1 amide bonds. The number of carbonyl (C=O) groups is 1. The first-order valence-electron chi connectivity index (χ1n) is 6.39. The molecule has 0 atom stereocenters. The minimum Gasteiger partial charge on any atom is -0.430 e. The van der Waals surface area contributed by atoms with Crippen LogP contribution in [-0.4, -0.2) is 21.6 Å². The lowest BCUT2D eigenvalue weighted by atomic mass is 10.2. The zero-order chi connectivity index (χ0) is 15.4. The van der Waals surface area contributed by atoms with Crippen LogP contribution in [0.25, 0.3) is 11.2 Å². The highest BCUT2D eigenvalue weighted by Crippen LogP contribution is 2.22.